The van der Waals surface area contributed by atoms with Crippen LogP contribution in [-0.4, -0.2) is 16.2 Å². The van der Waals surface area contributed by atoms with Crippen LogP contribution in [0, 0.1) is 10.1 Å². The van der Waals surface area contributed by atoms with Gasteiger partial charge in [-0.05, 0) is 41.3 Å². The second-order valence-electron chi connectivity index (χ2n) is 5.27. The predicted octanol–water partition coefficient (Wildman–Crippen LogP) is 3.64. The van der Waals surface area contributed by atoms with Gasteiger partial charge in [0.1, 0.15) is 11.4 Å². The lowest BCUT2D eigenvalue weighted by atomic mass is 9.98. The molecule has 0 aliphatic rings. The molecule has 1 atom stereocenters. The van der Waals surface area contributed by atoms with Crippen molar-refractivity contribution in [2.45, 2.75) is 26.2 Å². The molecule has 0 fully saturated rings. The van der Waals surface area contributed by atoms with E-state index in [1.165, 1.54) is 18.3 Å². The summed E-state index contributed by atoms with van der Waals surface area (Å²) >= 11 is 0. The van der Waals surface area contributed by atoms with E-state index in [4.69, 9.17) is 0 Å². The average molecular weight is 313 g/mol. The van der Waals surface area contributed by atoms with Gasteiger partial charge < -0.3 is 10.2 Å². The summed E-state index contributed by atoms with van der Waals surface area (Å²) in [6, 6.07) is 9.17. The Labute approximate surface area is 133 Å². The Morgan fingerprint density at radius 2 is 2.09 bits per heavy atom. The summed E-state index contributed by atoms with van der Waals surface area (Å²) in [5, 5.41) is 32.6. The number of hydrogen-bond donors (Lipinski definition) is 1. The van der Waals surface area contributed by atoms with Crippen LogP contribution in [-0.2, 0) is 0 Å². The standard InChI is InChI=1S/C17H18N2O4/c1-3-11(2)12-7-8-16(20)14(9-12)18-10-13-5-4-6-15(17(13)21)19(22)23/h4-11,20-21H,3H2,1-2H3/p-1/t11-/m1/s1. The lowest BCUT2D eigenvalue weighted by molar-refractivity contribution is -0.398. The molecule has 6 nitrogen and oxygen atoms in total. The van der Waals surface area contributed by atoms with Crippen molar-refractivity contribution in [2.75, 3.05) is 0 Å². The largest absolute Gasteiger partial charge is 0.867 e. The average Bonchev–Trinajstić information content (AvgIpc) is 2.54. The van der Waals surface area contributed by atoms with Crippen LogP contribution in [0.15, 0.2) is 41.4 Å². The Bertz CT molecular complexity index is 756. The number of phenols is 1. The van der Waals surface area contributed by atoms with Crippen molar-refractivity contribution in [1.29, 1.82) is 0 Å². The molecule has 0 unspecified atom stereocenters. The molecular formula is C17H17N2O4-. The summed E-state index contributed by atoms with van der Waals surface area (Å²) in [6.45, 7) is 4.13. The fraction of sp³-hybridized carbons (Fsp3) is 0.235. The summed E-state index contributed by atoms with van der Waals surface area (Å²) < 4.78 is 0. The molecule has 0 bridgehead atoms. The van der Waals surface area contributed by atoms with Crippen molar-refractivity contribution in [2.24, 2.45) is 4.99 Å². The lowest BCUT2D eigenvalue weighted by Gasteiger charge is -2.11. The number of aliphatic imine (C=N–C) groups is 1. The van der Waals surface area contributed by atoms with Gasteiger partial charge >= 0.3 is 0 Å². The molecule has 0 amide bonds. The van der Waals surface area contributed by atoms with E-state index in [2.05, 4.69) is 18.8 Å². The molecule has 120 valence electrons. The third-order valence-electron chi connectivity index (χ3n) is 3.75. The molecule has 0 saturated heterocycles. The van der Waals surface area contributed by atoms with Crippen LogP contribution >= 0.6 is 0 Å². The first kappa shape index (κ1) is 16.5. The zero-order valence-electron chi connectivity index (χ0n) is 12.9. The molecule has 0 aromatic heterocycles. The molecule has 1 N–H and O–H groups in total. The van der Waals surface area contributed by atoms with Gasteiger partial charge in [0.25, 0.3) is 5.69 Å². The van der Waals surface area contributed by atoms with Crippen LogP contribution in [0.25, 0.3) is 0 Å². The summed E-state index contributed by atoms with van der Waals surface area (Å²) in [5.41, 5.74) is 0.964. The molecular weight excluding hydrogens is 296 g/mol. The van der Waals surface area contributed by atoms with E-state index in [1.54, 1.807) is 12.1 Å². The molecule has 2 aromatic rings. The van der Waals surface area contributed by atoms with Crippen molar-refractivity contribution < 1.29 is 15.1 Å². The molecule has 0 aliphatic heterocycles. The Kier molecular flexibility index (Phi) is 4.95. The van der Waals surface area contributed by atoms with Gasteiger partial charge in [-0.15, -0.1) is 0 Å². The maximum Gasteiger partial charge on any atom is 0.262 e. The van der Waals surface area contributed by atoms with Crippen LogP contribution in [0.4, 0.5) is 11.4 Å². The monoisotopic (exact) mass is 313 g/mol. The van der Waals surface area contributed by atoms with Crippen LogP contribution in [0.5, 0.6) is 11.5 Å². The molecule has 0 aliphatic carbocycles. The van der Waals surface area contributed by atoms with Gasteiger partial charge in [0.15, 0.2) is 0 Å². The molecule has 0 radical (unpaired) electrons. The molecule has 0 saturated carbocycles. The highest BCUT2D eigenvalue weighted by Gasteiger charge is 2.09. The summed E-state index contributed by atoms with van der Waals surface area (Å²) in [5.74, 6) is -0.387. The Balaban J connectivity index is 2.37. The minimum Gasteiger partial charge on any atom is -0.867 e. The van der Waals surface area contributed by atoms with Crippen molar-refractivity contribution >= 4 is 17.6 Å². The first-order chi connectivity index (χ1) is 10.9. The normalized spacial score (nSPS) is 12.4. The van der Waals surface area contributed by atoms with Gasteiger partial charge in [-0.1, -0.05) is 32.0 Å². The van der Waals surface area contributed by atoms with E-state index in [9.17, 15) is 20.3 Å². The maximum atomic E-state index is 11.9. The van der Waals surface area contributed by atoms with Gasteiger partial charge in [0.2, 0.25) is 0 Å². The number of nitro benzene ring substituents is 1. The molecule has 6 heteroatoms. The van der Waals surface area contributed by atoms with Crippen LogP contribution in [0.3, 0.4) is 0 Å². The van der Waals surface area contributed by atoms with Crippen molar-refractivity contribution in [1.82, 2.24) is 0 Å². The molecule has 2 rings (SSSR count). The fourth-order valence-electron chi connectivity index (χ4n) is 2.11. The third-order valence-corrected chi connectivity index (χ3v) is 3.75. The Hall–Kier alpha value is -2.89. The number of rotatable bonds is 5. The highest BCUT2D eigenvalue weighted by molar-refractivity contribution is 5.87. The molecule has 2 aromatic carbocycles. The lowest BCUT2D eigenvalue weighted by Crippen LogP contribution is -2.01. The number of para-hydroxylation sites is 1. The minimum absolute atomic E-state index is 0.00816. The molecule has 0 heterocycles. The van der Waals surface area contributed by atoms with E-state index in [1.807, 2.05) is 6.07 Å². The SMILES string of the molecule is CC[C@@H](C)c1ccc(O)c(N=Cc2cccc([N+](=O)[O-])c2[O-])c1. The number of aromatic hydroxyl groups is 1. The van der Waals surface area contributed by atoms with Crippen LogP contribution < -0.4 is 5.11 Å². The first-order valence-electron chi connectivity index (χ1n) is 7.25. The van der Waals surface area contributed by atoms with E-state index in [-0.39, 0.29) is 11.3 Å². The second-order valence-corrected chi connectivity index (χ2v) is 5.27. The highest BCUT2D eigenvalue weighted by atomic mass is 16.6. The summed E-state index contributed by atoms with van der Waals surface area (Å²) in [4.78, 5) is 14.2. The van der Waals surface area contributed by atoms with E-state index in [0.29, 0.717) is 11.6 Å². The van der Waals surface area contributed by atoms with Crippen LogP contribution in [0.1, 0.15) is 37.3 Å². The zero-order chi connectivity index (χ0) is 17.0. The second kappa shape index (κ2) is 6.91. The number of hydrogen-bond acceptors (Lipinski definition) is 5. The van der Waals surface area contributed by atoms with E-state index in [0.717, 1.165) is 18.1 Å². The zero-order valence-corrected chi connectivity index (χ0v) is 12.9. The predicted molar refractivity (Wildman–Crippen MR) is 86.6 cm³/mol. The van der Waals surface area contributed by atoms with Crippen molar-refractivity contribution in [3.8, 4) is 11.5 Å². The third kappa shape index (κ3) is 3.66. The summed E-state index contributed by atoms with van der Waals surface area (Å²) in [7, 11) is 0. The highest BCUT2D eigenvalue weighted by Crippen LogP contribution is 2.32. The number of phenolic OH excluding ortho intramolecular Hbond substituents is 1. The van der Waals surface area contributed by atoms with Gasteiger partial charge in [0.05, 0.1) is 4.92 Å². The van der Waals surface area contributed by atoms with Crippen molar-refractivity contribution in [3.63, 3.8) is 0 Å². The van der Waals surface area contributed by atoms with Crippen LogP contribution in [0.2, 0.25) is 0 Å². The van der Waals surface area contributed by atoms with Gasteiger partial charge in [-0.3, -0.25) is 15.1 Å². The van der Waals surface area contributed by atoms with E-state index >= 15 is 0 Å². The van der Waals surface area contributed by atoms with Gasteiger partial charge in [0, 0.05) is 12.3 Å². The van der Waals surface area contributed by atoms with Gasteiger partial charge in [-0.2, -0.15) is 0 Å². The Morgan fingerprint density at radius 1 is 1.35 bits per heavy atom. The number of benzene rings is 2. The minimum atomic E-state index is -0.722. The maximum absolute atomic E-state index is 11.9. The van der Waals surface area contributed by atoms with E-state index < -0.39 is 16.4 Å². The molecule has 23 heavy (non-hydrogen) atoms. The molecule has 0 spiro atoms. The Morgan fingerprint density at radius 3 is 2.74 bits per heavy atom. The summed E-state index contributed by atoms with van der Waals surface area (Å²) in [6.07, 6.45) is 2.19. The smallest absolute Gasteiger partial charge is 0.262 e. The topological polar surface area (TPSA) is 98.8 Å². The number of nitro groups is 1. The number of nitrogens with zero attached hydrogens (tertiary/aromatic N) is 2. The first-order valence-corrected chi connectivity index (χ1v) is 7.25. The fourth-order valence-corrected chi connectivity index (χ4v) is 2.11. The quantitative estimate of drug-likeness (QED) is 0.517. The van der Waals surface area contributed by atoms with Gasteiger partial charge in [-0.25, -0.2) is 0 Å². The van der Waals surface area contributed by atoms with Crippen molar-refractivity contribution in [3.05, 3.63) is 57.6 Å².